The average molecular weight is 182 g/mol. The predicted molar refractivity (Wildman–Crippen MR) is 55.5 cm³/mol. The summed E-state index contributed by atoms with van der Waals surface area (Å²) < 4.78 is 0. The maximum atomic E-state index is 10.2. The van der Waals surface area contributed by atoms with Gasteiger partial charge in [-0.25, -0.2) is 0 Å². The molecule has 0 atom stereocenters. The van der Waals surface area contributed by atoms with Gasteiger partial charge in [0, 0.05) is 19.5 Å². The van der Waals surface area contributed by atoms with Gasteiger partial charge >= 0.3 is 0 Å². The van der Waals surface area contributed by atoms with Crippen LogP contribution in [0, 0.1) is 0 Å². The van der Waals surface area contributed by atoms with Crippen molar-refractivity contribution in [3.8, 4) is 0 Å². The van der Waals surface area contributed by atoms with Crippen LogP contribution in [0.4, 0.5) is 0 Å². The topological polar surface area (TPSA) is 41.1 Å². The highest BCUT2D eigenvalue weighted by molar-refractivity contribution is 5.82. The maximum absolute atomic E-state index is 10.2. The fraction of sp³-hybridized carbons (Fsp3) is 0.500. The summed E-state index contributed by atoms with van der Waals surface area (Å²) in [6, 6.07) is 0. The van der Waals surface area contributed by atoms with Crippen LogP contribution in [0.1, 0.15) is 13.8 Å². The number of rotatable bonds is 0. The Hall–Kier alpha value is -1.09. The van der Waals surface area contributed by atoms with Gasteiger partial charge in [-0.2, -0.15) is 0 Å². The molecule has 3 nitrogen and oxygen atoms in total. The van der Waals surface area contributed by atoms with E-state index in [0.29, 0.717) is 12.3 Å². The molecular weight excluding hydrogens is 164 g/mol. The van der Waals surface area contributed by atoms with Crippen molar-refractivity contribution in [2.45, 2.75) is 13.8 Å². The summed E-state index contributed by atoms with van der Waals surface area (Å²) in [4.78, 5) is 10.2. The minimum Gasteiger partial charge on any atom is -0.387 e. The summed E-state index contributed by atoms with van der Waals surface area (Å²) in [5.41, 5.74) is 1.16. The molecule has 0 amide bonds. The first-order valence-electron chi connectivity index (χ1n) is 4.09. The van der Waals surface area contributed by atoms with Crippen LogP contribution in [0.2, 0.25) is 0 Å². The summed E-state index contributed by atoms with van der Waals surface area (Å²) >= 11 is 0. The van der Waals surface area contributed by atoms with Gasteiger partial charge in [0.25, 0.3) is 0 Å². The number of carbonyl (C=O) groups is 1. The van der Waals surface area contributed by atoms with Crippen LogP contribution in [0.25, 0.3) is 0 Å². The zero-order chi connectivity index (χ0) is 8.81. The fourth-order valence-electron chi connectivity index (χ4n) is 0.970. The second-order valence-corrected chi connectivity index (χ2v) is 2.84. The van der Waals surface area contributed by atoms with E-state index in [0.717, 1.165) is 25.1 Å². The van der Waals surface area contributed by atoms with Gasteiger partial charge in [-0.1, -0.05) is 14.0 Å². The third-order valence-electron chi connectivity index (χ3n) is 1.67. The van der Waals surface area contributed by atoms with Gasteiger partial charge in [0.2, 0.25) is 0 Å². The van der Waals surface area contributed by atoms with Crippen LogP contribution in [0.15, 0.2) is 24.4 Å². The number of ketones is 1. The summed E-state index contributed by atoms with van der Waals surface area (Å²) in [7, 11) is 0. The molecule has 0 saturated carbocycles. The van der Waals surface area contributed by atoms with Crippen molar-refractivity contribution in [2.75, 3.05) is 19.6 Å². The second-order valence-electron chi connectivity index (χ2n) is 2.84. The van der Waals surface area contributed by atoms with Gasteiger partial charge in [0.1, 0.15) is 5.78 Å². The van der Waals surface area contributed by atoms with E-state index < -0.39 is 0 Å². The molecule has 0 bridgehead atoms. The lowest BCUT2D eigenvalue weighted by Crippen LogP contribution is -2.07. The van der Waals surface area contributed by atoms with Crippen LogP contribution >= 0.6 is 0 Å². The molecule has 13 heavy (non-hydrogen) atoms. The Morgan fingerprint density at radius 1 is 1.38 bits per heavy atom. The van der Waals surface area contributed by atoms with E-state index >= 15 is 0 Å². The smallest absolute Gasteiger partial charge is 0.147 e. The van der Waals surface area contributed by atoms with Crippen molar-refractivity contribution in [2.24, 2.45) is 0 Å². The van der Waals surface area contributed by atoms with Gasteiger partial charge in [-0.15, -0.1) is 0 Å². The number of carbonyl (C=O) groups excluding carboxylic acids is 1. The van der Waals surface area contributed by atoms with E-state index in [1.54, 1.807) is 0 Å². The van der Waals surface area contributed by atoms with Crippen molar-refractivity contribution in [1.82, 2.24) is 10.6 Å². The number of Topliss-reactive ketones (excluding diaryl/α,β-unsaturated/α-hetero) is 1. The first-order chi connectivity index (χ1) is 5.79. The highest BCUT2D eigenvalue weighted by Crippen LogP contribution is 1.93. The predicted octanol–water partition coefficient (Wildman–Crippen LogP) is 0.844. The standard InChI is InChI=1S/C5H7N.C4H7NO.CH4/c1-5-2-3-6-4-5;6-4-1-2-5-3-4;/h2-3,6H,1,4H2;5H,1-3H2;1H4. The Kier molecular flexibility index (Phi) is 5.89. The van der Waals surface area contributed by atoms with E-state index in [9.17, 15) is 4.79 Å². The zero-order valence-corrected chi connectivity index (χ0v) is 7.10. The Morgan fingerprint density at radius 2 is 2.15 bits per heavy atom. The normalized spacial score (nSPS) is 18.8. The van der Waals surface area contributed by atoms with Crippen LogP contribution in [0.5, 0.6) is 0 Å². The largest absolute Gasteiger partial charge is 0.387 e. The van der Waals surface area contributed by atoms with Gasteiger partial charge in [-0.05, 0) is 17.8 Å². The molecular formula is C10H18N2O. The molecule has 0 aromatic heterocycles. The molecule has 74 valence electrons. The van der Waals surface area contributed by atoms with Gasteiger partial charge in [0.05, 0.1) is 6.54 Å². The van der Waals surface area contributed by atoms with Crippen molar-refractivity contribution in [1.29, 1.82) is 0 Å². The first-order valence-corrected chi connectivity index (χ1v) is 4.09. The third kappa shape index (κ3) is 5.20. The van der Waals surface area contributed by atoms with Crippen LogP contribution in [0.3, 0.4) is 0 Å². The van der Waals surface area contributed by atoms with Gasteiger partial charge in [-0.3, -0.25) is 4.79 Å². The van der Waals surface area contributed by atoms with Crippen LogP contribution in [-0.2, 0) is 4.79 Å². The summed E-state index contributed by atoms with van der Waals surface area (Å²) in [6.07, 6.45) is 4.61. The number of hydrogen-bond acceptors (Lipinski definition) is 3. The minimum absolute atomic E-state index is 0. The van der Waals surface area contributed by atoms with Crippen molar-refractivity contribution in [3.63, 3.8) is 0 Å². The zero-order valence-electron chi connectivity index (χ0n) is 7.10. The molecule has 2 N–H and O–H groups in total. The monoisotopic (exact) mass is 182 g/mol. The molecule has 2 aliphatic heterocycles. The lowest BCUT2D eigenvalue weighted by molar-refractivity contribution is -0.116. The Labute approximate surface area is 79.9 Å². The molecule has 0 radical (unpaired) electrons. The highest BCUT2D eigenvalue weighted by atomic mass is 16.1. The lowest BCUT2D eigenvalue weighted by Gasteiger charge is -1.83. The fourth-order valence-corrected chi connectivity index (χ4v) is 0.970. The number of nitrogens with one attached hydrogen (secondary N) is 2. The first kappa shape index (κ1) is 11.9. The van der Waals surface area contributed by atoms with E-state index in [1.165, 1.54) is 0 Å². The van der Waals surface area contributed by atoms with E-state index in [4.69, 9.17) is 0 Å². The molecule has 0 aromatic rings. The van der Waals surface area contributed by atoms with E-state index in [-0.39, 0.29) is 7.43 Å². The van der Waals surface area contributed by atoms with Crippen LogP contribution < -0.4 is 10.6 Å². The Morgan fingerprint density at radius 3 is 2.31 bits per heavy atom. The maximum Gasteiger partial charge on any atom is 0.147 e. The number of hydrogen-bond donors (Lipinski definition) is 2. The van der Waals surface area contributed by atoms with Gasteiger partial charge < -0.3 is 10.6 Å². The summed E-state index contributed by atoms with van der Waals surface area (Å²) in [5.74, 6) is 0.343. The van der Waals surface area contributed by atoms with Gasteiger partial charge in [0.15, 0.2) is 0 Å². The Balaban J connectivity index is 0.000000206. The lowest BCUT2D eigenvalue weighted by atomic mass is 10.3. The van der Waals surface area contributed by atoms with Crippen molar-refractivity contribution < 1.29 is 4.79 Å². The molecule has 2 rings (SSSR count). The molecule has 0 spiro atoms. The SMILES string of the molecule is C.C=C1C=CNC1.O=C1CCNC1. The second kappa shape index (κ2) is 6.43. The molecule has 2 aliphatic rings. The molecule has 0 unspecified atom stereocenters. The molecule has 1 fully saturated rings. The molecule has 0 aromatic carbocycles. The minimum atomic E-state index is 0. The van der Waals surface area contributed by atoms with E-state index in [1.807, 2.05) is 12.3 Å². The van der Waals surface area contributed by atoms with Crippen molar-refractivity contribution >= 4 is 5.78 Å². The average Bonchev–Trinajstić information content (AvgIpc) is 2.63. The third-order valence-corrected chi connectivity index (χ3v) is 1.67. The highest BCUT2D eigenvalue weighted by Gasteiger charge is 2.06. The Bertz CT molecular complexity index is 201. The molecule has 2 heterocycles. The summed E-state index contributed by atoms with van der Waals surface area (Å²) in [6.45, 7) is 6.12. The quantitative estimate of drug-likeness (QED) is 0.583. The molecule has 3 heteroatoms. The molecule has 0 aliphatic carbocycles. The summed E-state index contributed by atoms with van der Waals surface area (Å²) in [5, 5.41) is 5.91. The molecule has 1 saturated heterocycles. The van der Waals surface area contributed by atoms with Crippen LogP contribution in [-0.4, -0.2) is 25.4 Å². The van der Waals surface area contributed by atoms with E-state index in [2.05, 4.69) is 17.2 Å². The van der Waals surface area contributed by atoms with Crippen molar-refractivity contribution in [3.05, 3.63) is 24.4 Å².